The summed E-state index contributed by atoms with van der Waals surface area (Å²) in [7, 11) is 0. The van der Waals surface area contributed by atoms with Gasteiger partial charge in [0.2, 0.25) is 11.8 Å². The number of nitrogens with zero attached hydrogens (tertiary/aromatic N) is 6. The second-order valence-corrected chi connectivity index (χ2v) is 9.62. The molecule has 3 aliphatic heterocycles. The molecular formula is C22H21F6N7O. The van der Waals surface area contributed by atoms with E-state index in [4.69, 9.17) is 4.42 Å². The molecule has 3 aromatic rings. The van der Waals surface area contributed by atoms with E-state index in [1.54, 1.807) is 6.92 Å². The summed E-state index contributed by atoms with van der Waals surface area (Å²) in [5, 5.41) is 15.1. The van der Waals surface area contributed by atoms with Crippen molar-refractivity contribution in [3.8, 4) is 0 Å². The Morgan fingerprint density at radius 3 is 2.44 bits per heavy atom. The molecule has 3 unspecified atom stereocenters. The smallest absolute Gasteiger partial charge is 0.408 e. The topological polar surface area (TPSA) is 84.9 Å². The maximum absolute atomic E-state index is 14.6. The van der Waals surface area contributed by atoms with Crippen LogP contribution in [0, 0.1) is 36.2 Å². The molecule has 192 valence electrons. The molecule has 1 N–H and O–H groups in total. The maximum atomic E-state index is 14.6. The van der Waals surface area contributed by atoms with Gasteiger partial charge in [0.25, 0.3) is 0 Å². The Balaban J connectivity index is 1.27. The number of hydrogen-bond acceptors (Lipinski definition) is 7. The van der Waals surface area contributed by atoms with Crippen molar-refractivity contribution in [3.05, 3.63) is 46.9 Å². The number of hydrogen-bond donors (Lipinski definition) is 1. The molecule has 2 aromatic heterocycles. The molecule has 2 bridgehead atoms. The van der Waals surface area contributed by atoms with Crippen LogP contribution < -0.4 is 10.2 Å². The summed E-state index contributed by atoms with van der Waals surface area (Å²) in [4.78, 5) is 6.27. The number of rotatable bonds is 4. The van der Waals surface area contributed by atoms with E-state index in [1.165, 1.54) is 0 Å². The molecule has 2 saturated heterocycles. The number of aryl methyl sites for hydroxylation is 1. The van der Waals surface area contributed by atoms with Crippen molar-refractivity contribution in [2.24, 2.45) is 11.8 Å². The van der Waals surface area contributed by atoms with Gasteiger partial charge >= 0.3 is 12.2 Å². The lowest BCUT2D eigenvalue weighted by Gasteiger charge is -2.53. The molecule has 36 heavy (non-hydrogen) atoms. The van der Waals surface area contributed by atoms with Crippen LogP contribution in [0.4, 0.5) is 38.3 Å². The fraction of sp³-hybridized carbons (Fsp3) is 0.545. The largest absolute Gasteiger partial charge is 0.410 e. The SMILES string of the molecule is Cc1nnc(N2CC3C[C@@H](C2)[C@@H]3Nc2nc3n(n2)C(C(F)(F)F)CCC3c2ccc(F)c(F)c2F)o1. The van der Waals surface area contributed by atoms with Crippen LogP contribution in [0.25, 0.3) is 0 Å². The van der Waals surface area contributed by atoms with Crippen molar-refractivity contribution in [3.63, 3.8) is 0 Å². The van der Waals surface area contributed by atoms with Crippen molar-refractivity contribution >= 4 is 12.0 Å². The molecular weight excluding hydrogens is 492 g/mol. The molecule has 1 aromatic carbocycles. The quantitative estimate of drug-likeness (QED) is 0.410. The standard InChI is InChI=1S/C22H21F6N7O/c1-9-31-32-21(36-9)34-7-10-6-11(8-34)18(10)29-20-30-19-13(12-2-4-14(23)17(25)16(12)24)3-5-15(22(26,27)28)35(19)33-20/h2,4,10-11,13,15,18H,3,5-8H2,1H3,(H,29,33)/t10-,11?,13?,15?,18-/m0/s1. The van der Waals surface area contributed by atoms with Crippen LogP contribution in [-0.4, -0.2) is 50.3 Å². The molecule has 4 aliphatic rings. The van der Waals surface area contributed by atoms with Crippen LogP contribution in [0.2, 0.25) is 0 Å². The van der Waals surface area contributed by atoms with Gasteiger partial charge in [0.05, 0.1) is 0 Å². The Hall–Kier alpha value is -3.32. The van der Waals surface area contributed by atoms with E-state index in [2.05, 4.69) is 25.6 Å². The lowest BCUT2D eigenvalue weighted by molar-refractivity contribution is -0.175. The van der Waals surface area contributed by atoms with Crippen molar-refractivity contribution in [2.45, 2.75) is 50.4 Å². The number of halogens is 6. The molecule has 14 heteroatoms. The summed E-state index contributed by atoms with van der Waals surface area (Å²) in [6, 6.07) is 0.216. The molecule has 1 aliphatic carbocycles. The number of alkyl halides is 3. The Bertz CT molecular complexity index is 1290. The van der Waals surface area contributed by atoms with E-state index in [9.17, 15) is 26.3 Å². The van der Waals surface area contributed by atoms with Crippen LogP contribution in [0.5, 0.6) is 0 Å². The maximum Gasteiger partial charge on any atom is 0.410 e. The van der Waals surface area contributed by atoms with E-state index in [-0.39, 0.29) is 41.6 Å². The second-order valence-electron chi connectivity index (χ2n) is 9.62. The first-order chi connectivity index (χ1) is 17.1. The predicted molar refractivity (Wildman–Crippen MR) is 113 cm³/mol. The zero-order chi connectivity index (χ0) is 25.4. The van der Waals surface area contributed by atoms with Crippen LogP contribution in [0.15, 0.2) is 16.5 Å². The minimum atomic E-state index is -4.60. The molecule has 8 nitrogen and oxygen atoms in total. The average Bonchev–Trinajstić information content (AvgIpc) is 3.46. The van der Waals surface area contributed by atoms with Crippen LogP contribution in [0.3, 0.4) is 0 Å². The number of fused-ring (bicyclic) bond motifs is 3. The number of aromatic nitrogens is 5. The van der Waals surface area contributed by atoms with E-state index in [0.717, 1.165) is 23.2 Å². The van der Waals surface area contributed by atoms with Gasteiger partial charge in [0, 0.05) is 37.5 Å². The number of anilines is 2. The van der Waals surface area contributed by atoms with E-state index in [0.29, 0.717) is 25.0 Å². The third-order valence-corrected chi connectivity index (χ3v) is 7.42. The van der Waals surface area contributed by atoms with Gasteiger partial charge in [0.15, 0.2) is 17.5 Å². The number of benzene rings is 1. The van der Waals surface area contributed by atoms with Crippen LogP contribution in [0.1, 0.15) is 48.5 Å². The minimum absolute atomic E-state index is 0.00377. The van der Waals surface area contributed by atoms with Gasteiger partial charge in [-0.25, -0.2) is 17.9 Å². The van der Waals surface area contributed by atoms with E-state index in [1.807, 2.05) is 4.90 Å². The summed E-state index contributed by atoms with van der Waals surface area (Å²) in [6.45, 7) is 2.94. The summed E-state index contributed by atoms with van der Waals surface area (Å²) in [6.07, 6.45) is -4.22. The summed E-state index contributed by atoms with van der Waals surface area (Å²) in [5.41, 5.74) is -0.249. The molecule has 0 spiro atoms. The Morgan fingerprint density at radius 2 is 1.78 bits per heavy atom. The Morgan fingerprint density at radius 1 is 1.03 bits per heavy atom. The summed E-state index contributed by atoms with van der Waals surface area (Å²) < 4.78 is 89.5. The van der Waals surface area contributed by atoms with E-state index >= 15 is 0 Å². The van der Waals surface area contributed by atoms with Crippen molar-refractivity contribution in [2.75, 3.05) is 23.3 Å². The fourth-order valence-electron chi connectivity index (χ4n) is 5.69. The summed E-state index contributed by atoms with van der Waals surface area (Å²) in [5.74, 6) is -4.83. The first-order valence-corrected chi connectivity index (χ1v) is 11.6. The number of piperidine rings is 2. The highest BCUT2D eigenvalue weighted by Crippen LogP contribution is 2.46. The Labute approximate surface area is 200 Å². The first kappa shape index (κ1) is 23.1. The van der Waals surface area contributed by atoms with Gasteiger partial charge in [-0.05, 0) is 37.2 Å². The van der Waals surface area contributed by atoms with E-state index < -0.39 is 42.0 Å². The van der Waals surface area contributed by atoms with Gasteiger partial charge in [-0.2, -0.15) is 18.2 Å². The normalized spacial score (nSPS) is 27.5. The highest BCUT2D eigenvalue weighted by atomic mass is 19.4. The molecule has 5 heterocycles. The van der Waals surface area contributed by atoms with Gasteiger partial charge in [-0.3, -0.25) is 0 Å². The molecule has 5 atom stereocenters. The van der Waals surface area contributed by atoms with Crippen molar-refractivity contribution in [1.29, 1.82) is 0 Å². The molecule has 7 rings (SSSR count). The zero-order valence-corrected chi connectivity index (χ0v) is 18.9. The van der Waals surface area contributed by atoms with Crippen molar-refractivity contribution in [1.82, 2.24) is 25.0 Å². The predicted octanol–water partition coefficient (Wildman–Crippen LogP) is 4.35. The van der Waals surface area contributed by atoms with Crippen LogP contribution >= 0.6 is 0 Å². The van der Waals surface area contributed by atoms with Crippen molar-refractivity contribution < 1.29 is 30.8 Å². The zero-order valence-electron chi connectivity index (χ0n) is 18.9. The van der Waals surface area contributed by atoms with Gasteiger partial charge in [0.1, 0.15) is 11.9 Å². The molecule has 3 fully saturated rings. The lowest BCUT2D eigenvalue weighted by atomic mass is 9.66. The average molecular weight is 513 g/mol. The molecule has 0 radical (unpaired) electrons. The van der Waals surface area contributed by atoms with Crippen LogP contribution in [-0.2, 0) is 0 Å². The second kappa shape index (κ2) is 8.10. The van der Waals surface area contributed by atoms with Gasteiger partial charge < -0.3 is 14.6 Å². The fourth-order valence-corrected chi connectivity index (χ4v) is 5.69. The molecule has 0 amide bonds. The highest BCUT2D eigenvalue weighted by molar-refractivity contribution is 5.37. The lowest BCUT2D eigenvalue weighted by Crippen LogP contribution is -2.61. The Kier molecular flexibility index (Phi) is 5.20. The number of nitrogens with one attached hydrogen (secondary N) is 1. The molecule has 1 saturated carbocycles. The van der Waals surface area contributed by atoms with Gasteiger partial charge in [-0.15, -0.1) is 10.2 Å². The minimum Gasteiger partial charge on any atom is -0.408 e. The highest BCUT2D eigenvalue weighted by Gasteiger charge is 2.50. The third kappa shape index (κ3) is 3.68. The monoisotopic (exact) mass is 513 g/mol. The summed E-state index contributed by atoms with van der Waals surface area (Å²) >= 11 is 0. The third-order valence-electron chi connectivity index (χ3n) is 7.42. The first-order valence-electron chi connectivity index (χ1n) is 11.6. The van der Waals surface area contributed by atoms with Gasteiger partial charge in [-0.1, -0.05) is 11.2 Å².